The summed E-state index contributed by atoms with van der Waals surface area (Å²) >= 11 is 0.856. The van der Waals surface area contributed by atoms with E-state index in [1.54, 1.807) is 9.80 Å². The van der Waals surface area contributed by atoms with Gasteiger partial charge in [0.05, 0.1) is 40.1 Å². The molecule has 2 aromatic heterocycles. The average molecular weight is 493 g/mol. The number of carbonyl (C=O) groups excluding carboxylic acids is 1. The number of piperidine rings is 1. The van der Waals surface area contributed by atoms with Gasteiger partial charge in [-0.05, 0) is 25.3 Å². The molecule has 2 aliphatic rings. The summed E-state index contributed by atoms with van der Waals surface area (Å²) in [5.74, 6) is -0.301. The van der Waals surface area contributed by atoms with Crippen LogP contribution in [0.25, 0.3) is 10.2 Å². The van der Waals surface area contributed by atoms with Crippen molar-refractivity contribution >= 4 is 33.3 Å². The summed E-state index contributed by atoms with van der Waals surface area (Å²) in [5, 5.41) is 3.84. The van der Waals surface area contributed by atoms with Crippen LogP contribution >= 0.6 is 11.3 Å². The highest BCUT2D eigenvalue weighted by Crippen LogP contribution is 2.40. The number of halogens is 5. The molecule has 0 aromatic carbocycles. The monoisotopic (exact) mass is 492 g/mol. The second-order valence-corrected chi connectivity index (χ2v) is 9.20. The maximum absolute atomic E-state index is 13.7. The highest BCUT2D eigenvalue weighted by molar-refractivity contribution is 7.17. The lowest BCUT2D eigenvalue weighted by Crippen LogP contribution is -2.39. The minimum absolute atomic E-state index is 0.0487. The van der Waals surface area contributed by atoms with E-state index in [0.717, 1.165) is 17.4 Å². The van der Waals surface area contributed by atoms with Gasteiger partial charge in [-0.2, -0.15) is 13.2 Å². The summed E-state index contributed by atoms with van der Waals surface area (Å²) in [4.78, 5) is 20.0. The number of ether oxygens (including phenoxy) is 1. The van der Waals surface area contributed by atoms with Crippen molar-refractivity contribution < 1.29 is 31.5 Å². The molecule has 6 nitrogen and oxygen atoms in total. The number of rotatable bonds is 6. The van der Waals surface area contributed by atoms with E-state index in [1.165, 1.54) is 12.4 Å². The molecule has 12 heteroatoms. The topological polar surface area (TPSA) is 57.7 Å². The fourth-order valence-corrected chi connectivity index (χ4v) is 5.45. The van der Waals surface area contributed by atoms with Crippen molar-refractivity contribution in [2.24, 2.45) is 0 Å². The molecule has 0 aliphatic carbocycles. The number of nitrogens with one attached hydrogen (secondary N) is 1. The van der Waals surface area contributed by atoms with Crippen molar-refractivity contribution in [3.05, 3.63) is 22.6 Å². The maximum atomic E-state index is 13.7. The van der Waals surface area contributed by atoms with Crippen LogP contribution in [0.15, 0.2) is 11.4 Å². The molecule has 2 saturated heterocycles. The highest BCUT2D eigenvalue weighted by atomic mass is 32.1. The molecule has 0 radical (unpaired) electrons. The van der Waals surface area contributed by atoms with Crippen LogP contribution in [0.3, 0.4) is 0 Å². The lowest BCUT2D eigenvalue weighted by atomic mass is 10.1. The number of pyridine rings is 1. The van der Waals surface area contributed by atoms with E-state index >= 15 is 0 Å². The summed E-state index contributed by atoms with van der Waals surface area (Å²) in [6.45, 7) is 1.69. The Morgan fingerprint density at radius 3 is 2.58 bits per heavy atom. The van der Waals surface area contributed by atoms with Crippen LogP contribution < -0.4 is 10.2 Å². The molecule has 182 valence electrons. The Morgan fingerprint density at radius 2 is 1.94 bits per heavy atom. The quantitative estimate of drug-likeness (QED) is 0.618. The minimum atomic E-state index is -4.57. The first-order valence-corrected chi connectivity index (χ1v) is 11.7. The normalized spacial score (nSPS) is 20.8. The number of nitrogens with zero attached hydrogens (tertiary/aromatic N) is 3. The van der Waals surface area contributed by atoms with Gasteiger partial charge in [0.15, 0.2) is 0 Å². The van der Waals surface area contributed by atoms with E-state index in [4.69, 9.17) is 4.74 Å². The number of amides is 1. The third-order valence-electron chi connectivity index (χ3n) is 6.06. The second-order valence-electron chi connectivity index (χ2n) is 8.32. The Hall–Kier alpha value is -2.05. The average Bonchev–Trinajstić information content (AvgIpc) is 3.38. The fourth-order valence-electron chi connectivity index (χ4n) is 4.43. The predicted molar refractivity (Wildman–Crippen MR) is 115 cm³/mol. The van der Waals surface area contributed by atoms with Crippen molar-refractivity contribution in [2.75, 3.05) is 44.7 Å². The van der Waals surface area contributed by atoms with Gasteiger partial charge in [-0.15, -0.1) is 11.3 Å². The SMILES string of the molecule is CNC(=O)c1csc2c(C(F)(F)F)cc(N3CCC(OC4CCN(CC(F)F)C4)CC3)nc12. The van der Waals surface area contributed by atoms with Crippen molar-refractivity contribution in [2.45, 2.75) is 44.1 Å². The van der Waals surface area contributed by atoms with Crippen molar-refractivity contribution in [1.29, 1.82) is 0 Å². The molecule has 1 amide bonds. The summed E-state index contributed by atoms with van der Waals surface area (Å²) in [6.07, 6.45) is -5.24. The predicted octanol–water partition coefficient (Wildman–Crippen LogP) is 4.00. The molecule has 0 bridgehead atoms. The number of fused-ring (bicyclic) bond motifs is 1. The van der Waals surface area contributed by atoms with Gasteiger partial charge in [-0.25, -0.2) is 13.8 Å². The Kier molecular flexibility index (Phi) is 7.06. The molecule has 33 heavy (non-hydrogen) atoms. The Morgan fingerprint density at radius 1 is 1.24 bits per heavy atom. The number of alkyl halides is 5. The van der Waals surface area contributed by atoms with Crippen molar-refractivity contribution in [1.82, 2.24) is 15.2 Å². The van der Waals surface area contributed by atoms with Crippen LogP contribution in [0.2, 0.25) is 0 Å². The lowest BCUT2D eigenvalue weighted by molar-refractivity contribution is -0.136. The van der Waals surface area contributed by atoms with E-state index in [-0.39, 0.29) is 40.4 Å². The third kappa shape index (κ3) is 5.38. The zero-order valence-corrected chi connectivity index (χ0v) is 18.8. The number of carbonyl (C=O) groups is 1. The van der Waals surface area contributed by atoms with E-state index in [9.17, 15) is 26.7 Å². The van der Waals surface area contributed by atoms with Gasteiger partial charge in [0.2, 0.25) is 0 Å². The van der Waals surface area contributed by atoms with E-state index < -0.39 is 24.1 Å². The van der Waals surface area contributed by atoms with Crippen LogP contribution in [-0.4, -0.2) is 74.2 Å². The molecule has 1 atom stereocenters. The van der Waals surface area contributed by atoms with Gasteiger partial charge in [-0.1, -0.05) is 0 Å². The highest BCUT2D eigenvalue weighted by Gasteiger charge is 2.36. The summed E-state index contributed by atoms with van der Waals surface area (Å²) in [7, 11) is 1.42. The number of hydrogen-bond acceptors (Lipinski definition) is 6. The lowest BCUT2D eigenvalue weighted by Gasteiger charge is -2.34. The first-order valence-electron chi connectivity index (χ1n) is 10.8. The Labute approximate surface area is 191 Å². The molecule has 2 aliphatic heterocycles. The number of anilines is 1. The molecule has 0 spiro atoms. The standard InChI is InChI=1S/C21H25F5N4O2S/c1-27-20(31)14-11-33-19-15(21(24,25)26)8-17(28-18(14)19)30-6-3-12(4-7-30)32-13-2-5-29(9-13)10-16(22)23/h8,11-13,16H,2-7,9-10H2,1H3,(H,27,31). The van der Waals surface area contributed by atoms with Crippen LogP contribution in [0, 0.1) is 0 Å². The van der Waals surface area contributed by atoms with Gasteiger partial charge < -0.3 is 15.0 Å². The molecule has 2 fully saturated rings. The molecular formula is C21H25F5N4O2S. The number of hydrogen-bond donors (Lipinski definition) is 1. The largest absolute Gasteiger partial charge is 0.417 e. The number of aromatic nitrogens is 1. The van der Waals surface area contributed by atoms with E-state index in [2.05, 4.69) is 10.3 Å². The summed E-state index contributed by atoms with van der Waals surface area (Å²) in [6, 6.07) is 1.05. The first-order chi connectivity index (χ1) is 15.7. The van der Waals surface area contributed by atoms with Gasteiger partial charge >= 0.3 is 6.18 Å². The molecule has 4 heterocycles. The molecule has 1 N–H and O–H groups in total. The molecule has 2 aromatic rings. The molecule has 1 unspecified atom stereocenters. The van der Waals surface area contributed by atoms with E-state index in [1.807, 2.05) is 0 Å². The smallest absolute Gasteiger partial charge is 0.373 e. The molecule has 0 saturated carbocycles. The van der Waals surface area contributed by atoms with Crippen LogP contribution in [-0.2, 0) is 10.9 Å². The number of thiophene rings is 1. The zero-order valence-electron chi connectivity index (χ0n) is 18.0. The van der Waals surface area contributed by atoms with Crippen LogP contribution in [0.1, 0.15) is 35.2 Å². The summed E-state index contributed by atoms with van der Waals surface area (Å²) in [5.41, 5.74) is -0.628. The second kappa shape index (κ2) is 9.67. The van der Waals surface area contributed by atoms with Gasteiger partial charge in [0.25, 0.3) is 12.3 Å². The minimum Gasteiger partial charge on any atom is -0.373 e. The molecular weight excluding hydrogens is 467 g/mol. The summed E-state index contributed by atoms with van der Waals surface area (Å²) < 4.78 is 72.4. The van der Waals surface area contributed by atoms with Crippen molar-refractivity contribution in [3.63, 3.8) is 0 Å². The maximum Gasteiger partial charge on any atom is 0.417 e. The number of likely N-dealkylation sites (tertiary alicyclic amines) is 1. The van der Waals surface area contributed by atoms with Crippen molar-refractivity contribution in [3.8, 4) is 0 Å². The van der Waals surface area contributed by atoms with Crippen LogP contribution in [0.4, 0.5) is 27.8 Å². The van der Waals surface area contributed by atoms with Gasteiger partial charge in [0.1, 0.15) is 5.82 Å². The van der Waals surface area contributed by atoms with E-state index in [0.29, 0.717) is 45.4 Å². The molecule has 4 rings (SSSR count). The van der Waals surface area contributed by atoms with Gasteiger partial charge in [-0.3, -0.25) is 9.69 Å². The zero-order chi connectivity index (χ0) is 23.8. The Bertz CT molecular complexity index is 991. The third-order valence-corrected chi connectivity index (χ3v) is 7.07. The van der Waals surface area contributed by atoms with Crippen LogP contribution in [0.5, 0.6) is 0 Å². The van der Waals surface area contributed by atoms with Gasteiger partial charge in [0, 0.05) is 38.6 Å². The fraction of sp³-hybridized carbons (Fsp3) is 0.619. The Balaban J connectivity index is 1.46. The first kappa shape index (κ1) is 24.1.